The first-order chi connectivity index (χ1) is 15.1. The van der Waals surface area contributed by atoms with E-state index in [0.29, 0.717) is 17.2 Å². The number of carbonyl (C=O) groups is 1. The average molecular weight is 467 g/mol. The third-order valence-electron chi connectivity index (χ3n) is 4.51. The predicted octanol–water partition coefficient (Wildman–Crippen LogP) is 2.44. The van der Waals surface area contributed by atoms with Crippen LogP contribution in [0.15, 0.2) is 41.3 Å². The minimum absolute atomic E-state index is 0.00221. The molecule has 2 aromatic carbocycles. The van der Waals surface area contributed by atoms with Gasteiger partial charge in [-0.05, 0) is 43.7 Å². The van der Waals surface area contributed by atoms with Crippen LogP contribution in [0.5, 0.6) is 23.0 Å². The molecule has 0 radical (unpaired) electrons. The van der Waals surface area contributed by atoms with Crippen molar-refractivity contribution in [3.8, 4) is 23.0 Å². The first-order valence-electron chi connectivity index (χ1n) is 9.91. The second-order valence-corrected chi connectivity index (χ2v) is 9.25. The molecule has 0 fully saturated rings. The van der Waals surface area contributed by atoms with Crippen molar-refractivity contribution in [3.05, 3.63) is 42.0 Å². The number of carbonyl (C=O) groups excluding carboxylic acids is 1. The first-order valence-corrected chi connectivity index (χ1v) is 11.3. The molecule has 0 aromatic heterocycles. The van der Waals surface area contributed by atoms with E-state index in [1.165, 1.54) is 39.5 Å². The summed E-state index contributed by atoms with van der Waals surface area (Å²) in [6, 6.07) is 9.61. The molecule has 2 aromatic rings. The number of rotatable bonds is 11. The van der Waals surface area contributed by atoms with Gasteiger partial charge < -0.3 is 24.3 Å². The van der Waals surface area contributed by atoms with E-state index < -0.39 is 15.9 Å². The Hall–Kier alpha value is -2.98. The fourth-order valence-corrected chi connectivity index (χ4v) is 4.02. The van der Waals surface area contributed by atoms with Crippen LogP contribution in [0.2, 0.25) is 0 Å². The maximum absolute atomic E-state index is 12.8. The molecule has 0 aliphatic rings. The summed E-state index contributed by atoms with van der Waals surface area (Å²) in [6.45, 7) is 3.70. The van der Waals surface area contributed by atoms with Crippen LogP contribution in [-0.4, -0.2) is 59.7 Å². The van der Waals surface area contributed by atoms with Gasteiger partial charge in [-0.15, -0.1) is 0 Å². The molecule has 0 unspecified atom stereocenters. The van der Waals surface area contributed by atoms with E-state index in [4.69, 9.17) is 18.9 Å². The Balaban J connectivity index is 2.03. The summed E-state index contributed by atoms with van der Waals surface area (Å²) in [7, 11) is 1.86. The summed E-state index contributed by atoms with van der Waals surface area (Å²) in [6.07, 6.45) is -0.00221. The number of methoxy groups -OCH3 is 3. The average Bonchev–Trinajstić information content (AvgIpc) is 2.77. The van der Waals surface area contributed by atoms with Crippen LogP contribution in [0.25, 0.3) is 0 Å². The third kappa shape index (κ3) is 6.27. The molecule has 0 spiro atoms. The lowest BCUT2D eigenvalue weighted by atomic mass is 10.2. The number of nitrogens with one attached hydrogen (secondary N) is 1. The second-order valence-electron chi connectivity index (χ2n) is 7.21. The van der Waals surface area contributed by atoms with Gasteiger partial charge in [-0.3, -0.25) is 4.79 Å². The molecule has 0 atom stereocenters. The molecule has 0 saturated carbocycles. The lowest BCUT2D eigenvalue weighted by Gasteiger charge is -2.18. The SMILES string of the molecule is COc1ccc(S(=O)(=O)N(C)CC(=O)NCc2ccc(OC(C)C)c(OC)c2)cc1OC. The molecular weight excluding hydrogens is 436 g/mol. The number of hydrogen-bond acceptors (Lipinski definition) is 7. The smallest absolute Gasteiger partial charge is 0.243 e. The van der Waals surface area contributed by atoms with Gasteiger partial charge in [0.05, 0.1) is 38.9 Å². The number of sulfonamides is 1. The van der Waals surface area contributed by atoms with E-state index >= 15 is 0 Å². The highest BCUT2D eigenvalue weighted by atomic mass is 32.2. The third-order valence-corrected chi connectivity index (χ3v) is 6.31. The Kier molecular flexibility index (Phi) is 8.73. The Bertz CT molecular complexity index is 1040. The molecule has 1 amide bonds. The maximum Gasteiger partial charge on any atom is 0.243 e. The molecule has 0 saturated heterocycles. The summed E-state index contributed by atoms with van der Waals surface area (Å²) in [4.78, 5) is 12.4. The minimum Gasteiger partial charge on any atom is -0.493 e. The van der Waals surface area contributed by atoms with E-state index in [0.717, 1.165) is 9.87 Å². The maximum atomic E-state index is 12.8. The zero-order valence-electron chi connectivity index (χ0n) is 19.2. The zero-order chi connectivity index (χ0) is 23.9. The molecule has 9 nitrogen and oxygen atoms in total. The van der Waals surface area contributed by atoms with Gasteiger partial charge in [-0.1, -0.05) is 6.07 Å². The van der Waals surface area contributed by atoms with Crippen molar-refractivity contribution >= 4 is 15.9 Å². The molecule has 176 valence electrons. The number of amides is 1. The normalized spacial score (nSPS) is 11.4. The molecule has 0 heterocycles. The largest absolute Gasteiger partial charge is 0.493 e. The Labute approximate surface area is 189 Å². The molecule has 0 aliphatic heterocycles. The van der Waals surface area contributed by atoms with Crippen molar-refractivity contribution in [2.75, 3.05) is 34.9 Å². The van der Waals surface area contributed by atoms with E-state index in [1.54, 1.807) is 19.2 Å². The van der Waals surface area contributed by atoms with Crippen molar-refractivity contribution in [1.29, 1.82) is 0 Å². The number of likely N-dealkylation sites (N-methyl/N-ethyl adjacent to an activating group) is 1. The van der Waals surface area contributed by atoms with Crippen molar-refractivity contribution < 1.29 is 32.2 Å². The highest BCUT2D eigenvalue weighted by molar-refractivity contribution is 7.89. The van der Waals surface area contributed by atoms with Gasteiger partial charge in [-0.2, -0.15) is 4.31 Å². The van der Waals surface area contributed by atoms with Crippen LogP contribution in [-0.2, 0) is 21.4 Å². The molecule has 1 N–H and O–H groups in total. The molecule has 10 heteroatoms. The second kappa shape index (κ2) is 11.1. The van der Waals surface area contributed by atoms with Gasteiger partial charge in [0.2, 0.25) is 15.9 Å². The summed E-state index contributed by atoms with van der Waals surface area (Å²) in [5.74, 6) is 1.41. The van der Waals surface area contributed by atoms with Gasteiger partial charge in [-0.25, -0.2) is 8.42 Å². The lowest BCUT2D eigenvalue weighted by molar-refractivity contribution is -0.121. The van der Waals surface area contributed by atoms with Gasteiger partial charge >= 0.3 is 0 Å². The highest BCUT2D eigenvalue weighted by Crippen LogP contribution is 2.30. The van der Waals surface area contributed by atoms with Crippen LogP contribution < -0.4 is 24.3 Å². The lowest BCUT2D eigenvalue weighted by Crippen LogP contribution is -2.38. The molecule has 0 aliphatic carbocycles. The van der Waals surface area contributed by atoms with E-state index in [2.05, 4.69) is 5.32 Å². The van der Waals surface area contributed by atoms with Crippen molar-refractivity contribution in [1.82, 2.24) is 9.62 Å². The summed E-state index contributed by atoms with van der Waals surface area (Å²) in [5.41, 5.74) is 0.789. The van der Waals surface area contributed by atoms with Gasteiger partial charge in [0.15, 0.2) is 23.0 Å². The van der Waals surface area contributed by atoms with Gasteiger partial charge in [0.1, 0.15) is 0 Å². The van der Waals surface area contributed by atoms with Crippen LogP contribution >= 0.6 is 0 Å². The van der Waals surface area contributed by atoms with Crippen molar-refractivity contribution in [2.24, 2.45) is 0 Å². The van der Waals surface area contributed by atoms with E-state index in [9.17, 15) is 13.2 Å². The summed E-state index contributed by atoms with van der Waals surface area (Å²) >= 11 is 0. The van der Waals surface area contributed by atoms with Crippen LogP contribution in [0.4, 0.5) is 0 Å². The molecular formula is C22H30N2O7S. The Morgan fingerprint density at radius 3 is 2.12 bits per heavy atom. The highest BCUT2D eigenvalue weighted by Gasteiger charge is 2.24. The fraction of sp³-hybridized carbons (Fsp3) is 0.409. The topological polar surface area (TPSA) is 103 Å². The minimum atomic E-state index is -3.90. The van der Waals surface area contributed by atoms with Gasteiger partial charge in [0.25, 0.3) is 0 Å². The molecule has 32 heavy (non-hydrogen) atoms. The Morgan fingerprint density at radius 1 is 0.938 bits per heavy atom. The predicted molar refractivity (Wildman–Crippen MR) is 120 cm³/mol. The van der Waals surface area contributed by atoms with Crippen molar-refractivity contribution in [3.63, 3.8) is 0 Å². The molecule has 0 bridgehead atoms. The number of benzene rings is 2. The number of nitrogens with zero attached hydrogens (tertiary/aromatic N) is 1. The fourth-order valence-electron chi connectivity index (χ4n) is 2.87. The van der Waals surface area contributed by atoms with E-state index in [1.807, 2.05) is 19.9 Å². The van der Waals surface area contributed by atoms with E-state index in [-0.39, 0.29) is 29.8 Å². The zero-order valence-corrected chi connectivity index (χ0v) is 20.0. The number of hydrogen-bond donors (Lipinski definition) is 1. The molecule has 2 rings (SSSR count). The Morgan fingerprint density at radius 2 is 1.53 bits per heavy atom. The van der Waals surface area contributed by atoms with Crippen LogP contribution in [0, 0.1) is 0 Å². The van der Waals surface area contributed by atoms with Crippen molar-refractivity contribution in [2.45, 2.75) is 31.4 Å². The standard InChI is InChI=1S/C22H30N2O7S/c1-15(2)31-19-9-7-16(11-20(19)29-5)13-23-22(25)14-24(3)32(26,27)17-8-10-18(28-4)21(12-17)30-6/h7-12,15H,13-14H2,1-6H3,(H,23,25). The van der Waals surface area contributed by atoms with Gasteiger partial charge in [0, 0.05) is 19.7 Å². The quantitative estimate of drug-likeness (QED) is 0.542. The monoisotopic (exact) mass is 466 g/mol. The summed E-state index contributed by atoms with van der Waals surface area (Å²) < 4.78 is 48.0. The van der Waals surface area contributed by atoms with Crippen LogP contribution in [0.1, 0.15) is 19.4 Å². The summed E-state index contributed by atoms with van der Waals surface area (Å²) in [5, 5.41) is 2.72. The first kappa shape index (κ1) is 25.3. The van der Waals surface area contributed by atoms with Crippen LogP contribution in [0.3, 0.4) is 0 Å². The number of ether oxygens (including phenoxy) is 4.